The second-order valence-corrected chi connectivity index (χ2v) is 13.4. The third kappa shape index (κ3) is 4.66. The molecular formula is C28H33N2O6S2+. The van der Waals surface area contributed by atoms with Gasteiger partial charge in [0.05, 0.1) is 15.2 Å². The Morgan fingerprint density at radius 2 is 1.42 bits per heavy atom. The zero-order valence-electron chi connectivity index (χ0n) is 22.3. The van der Waals surface area contributed by atoms with E-state index in [2.05, 4.69) is 4.90 Å². The molecule has 0 aliphatic carbocycles. The number of hydrogen-bond acceptors (Lipinski definition) is 5. The fourth-order valence-electron chi connectivity index (χ4n) is 5.49. The quantitative estimate of drug-likeness (QED) is 0.292. The van der Waals surface area contributed by atoms with Gasteiger partial charge in [-0.05, 0) is 62.7 Å². The molecule has 0 saturated carbocycles. The van der Waals surface area contributed by atoms with E-state index >= 15 is 0 Å². The van der Waals surface area contributed by atoms with E-state index in [1.54, 1.807) is 12.1 Å². The van der Waals surface area contributed by atoms with Gasteiger partial charge in [0, 0.05) is 41.1 Å². The smallest absolute Gasteiger partial charge is 0.294 e. The van der Waals surface area contributed by atoms with Gasteiger partial charge in [0.25, 0.3) is 20.2 Å². The van der Waals surface area contributed by atoms with Crippen molar-refractivity contribution in [2.75, 3.05) is 18.5 Å². The SMILES string of the molecule is CCN1/C(=C/C=C/C=C/C2=[N+](C)c3ccc(S(=O)(=O)O)cc3C2(C)C)C(C)(C)c2cc(S(=O)(=O)O)ccc21. The molecule has 0 atom stereocenters. The summed E-state index contributed by atoms with van der Waals surface area (Å²) in [6.07, 6.45) is 9.74. The first kappa shape index (κ1) is 28.0. The molecule has 0 bridgehead atoms. The molecule has 2 aliphatic heterocycles. The molecule has 10 heteroatoms. The molecule has 0 amide bonds. The Kier molecular flexibility index (Phi) is 6.85. The third-order valence-corrected chi connectivity index (χ3v) is 9.21. The number of benzene rings is 2. The fourth-order valence-corrected chi connectivity index (χ4v) is 6.50. The van der Waals surface area contributed by atoms with Gasteiger partial charge in [0.1, 0.15) is 7.05 Å². The summed E-state index contributed by atoms with van der Waals surface area (Å²) < 4.78 is 67.7. The summed E-state index contributed by atoms with van der Waals surface area (Å²) in [6.45, 7) is 10.8. The first-order valence-electron chi connectivity index (χ1n) is 12.2. The predicted octanol–water partition coefficient (Wildman–Crippen LogP) is 5.00. The maximum Gasteiger partial charge on any atom is 0.294 e. The van der Waals surface area contributed by atoms with Crippen LogP contribution < -0.4 is 4.90 Å². The van der Waals surface area contributed by atoms with E-state index in [9.17, 15) is 25.9 Å². The number of allylic oxidation sites excluding steroid dienone is 6. The predicted molar refractivity (Wildman–Crippen MR) is 149 cm³/mol. The lowest BCUT2D eigenvalue weighted by atomic mass is 9.81. The molecule has 0 radical (unpaired) electrons. The van der Waals surface area contributed by atoms with E-state index in [-0.39, 0.29) is 9.79 Å². The molecule has 2 aromatic rings. The summed E-state index contributed by atoms with van der Waals surface area (Å²) in [5.41, 5.74) is 4.45. The number of rotatable bonds is 6. The first-order chi connectivity index (χ1) is 17.5. The first-order valence-corrected chi connectivity index (χ1v) is 15.1. The minimum absolute atomic E-state index is 0.120. The number of anilines is 1. The molecule has 2 heterocycles. The standard InChI is InChI=1S/C28H32N2O6S2/c1-7-30-24-16-14-20(38(34,35)36)18-22(24)28(4,5)26(30)12-10-8-9-11-25-27(2,3)21-17-19(37(31,32)33)13-15-23(21)29(25)6/h8-18H,7H2,1-6H3,(H-,31,32,33,34,35,36)/p+1. The zero-order valence-corrected chi connectivity index (χ0v) is 23.9. The van der Waals surface area contributed by atoms with E-state index in [1.807, 2.05) is 76.6 Å². The van der Waals surface area contributed by atoms with Crippen LogP contribution in [-0.4, -0.2) is 49.8 Å². The summed E-state index contributed by atoms with van der Waals surface area (Å²) in [7, 11) is -6.68. The number of fused-ring (bicyclic) bond motifs is 2. The molecule has 2 aliphatic rings. The highest BCUT2D eigenvalue weighted by molar-refractivity contribution is 7.86. The van der Waals surface area contributed by atoms with Crippen molar-refractivity contribution in [1.29, 1.82) is 0 Å². The topological polar surface area (TPSA) is 115 Å². The van der Waals surface area contributed by atoms with E-state index in [0.717, 1.165) is 33.9 Å². The van der Waals surface area contributed by atoms with Gasteiger partial charge in [-0.3, -0.25) is 9.11 Å². The van der Waals surface area contributed by atoms with Crippen LogP contribution in [0.3, 0.4) is 0 Å². The molecule has 4 rings (SSSR count). The van der Waals surface area contributed by atoms with Crippen LogP contribution >= 0.6 is 0 Å². The Morgan fingerprint density at radius 1 is 0.842 bits per heavy atom. The Bertz CT molecular complexity index is 1660. The van der Waals surface area contributed by atoms with Crippen LogP contribution in [-0.2, 0) is 31.1 Å². The molecule has 0 fully saturated rings. The second kappa shape index (κ2) is 9.30. The summed E-state index contributed by atoms with van der Waals surface area (Å²) in [5, 5.41) is 0. The average Bonchev–Trinajstić information content (AvgIpc) is 3.15. The molecule has 2 N–H and O–H groups in total. The third-order valence-electron chi connectivity index (χ3n) is 7.51. The van der Waals surface area contributed by atoms with Crippen molar-refractivity contribution in [2.24, 2.45) is 0 Å². The van der Waals surface area contributed by atoms with Crippen LogP contribution in [0.4, 0.5) is 11.4 Å². The molecular weight excluding hydrogens is 524 g/mol. The lowest BCUT2D eigenvalue weighted by Gasteiger charge is -2.25. The maximum absolute atomic E-state index is 11.7. The fraction of sp³-hybridized carbons (Fsp3) is 0.321. The van der Waals surface area contributed by atoms with Crippen molar-refractivity contribution in [1.82, 2.24) is 0 Å². The van der Waals surface area contributed by atoms with Gasteiger partial charge < -0.3 is 4.90 Å². The van der Waals surface area contributed by atoms with Crippen LogP contribution in [0.2, 0.25) is 0 Å². The largest absolute Gasteiger partial charge is 0.344 e. The molecule has 2 aromatic carbocycles. The molecule has 38 heavy (non-hydrogen) atoms. The van der Waals surface area contributed by atoms with Crippen molar-refractivity contribution < 1.29 is 30.5 Å². The lowest BCUT2D eigenvalue weighted by molar-refractivity contribution is -0.401. The summed E-state index contributed by atoms with van der Waals surface area (Å²) >= 11 is 0. The van der Waals surface area contributed by atoms with Gasteiger partial charge in [0.15, 0.2) is 5.71 Å². The van der Waals surface area contributed by atoms with Crippen molar-refractivity contribution in [3.63, 3.8) is 0 Å². The normalized spacial score (nSPS) is 19.7. The number of hydrogen-bond donors (Lipinski definition) is 2. The van der Waals surface area contributed by atoms with Crippen molar-refractivity contribution in [2.45, 2.75) is 55.2 Å². The average molecular weight is 558 g/mol. The zero-order chi connectivity index (χ0) is 28.3. The minimum atomic E-state index is -4.30. The maximum atomic E-state index is 11.7. The Morgan fingerprint density at radius 3 is 2.00 bits per heavy atom. The second-order valence-electron chi connectivity index (χ2n) is 10.5. The van der Waals surface area contributed by atoms with E-state index in [0.29, 0.717) is 6.54 Å². The Hall–Kier alpha value is -3.05. The van der Waals surface area contributed by atoms with Crippen LogP contribution in [0, 0.1) is 0 Å². The van der Waals surface area contributed by atoms with Crippen LogP contribution in [0.1, 0.15) is 45.7 Å². The highest BCUT2D eigenvalue weighted by atomic mass is 32.2. The Labute approximate surface area is 224 Å². The molecule has 0 spiro atoms. The van der Waals surface area contributed by atoms with Gasteiger partial charge in [-0.15, -0.1) is 0 Å². The molecule has 0 saturated heterocycles. The molecule has 0 aromatic heterocycles. The number of nitrogens with zero attached hydrogens (tertiary/aromatic N) is 2. The van der Waals surface area contributed by atoms with Crippen LogP contribution in [0.5, 0.6) is 0 Å². The van der Waals surface area contributed by atoms with E-state index < -0.39 is 31.1 Å². The lowest BCUT2D eigenvalue weighted by Crippen LogP contribution is -2.26. The van der Waals surface area contributed by atoms with Gasteiger partial charge in [-0.25, -0.2) is 0 Å². The van der Waals surface area contributed by atoms with Crippen LogP contribution in [0.15, 0.2) is 82.3 Å². The van der Waals surface area contributed by atoms with Crippen molar-refractivity contribution in [3.8, 4) is 0 Å². The summed E-state index contributed by atoms with van der Waals surface area (Å²) in [4.78, 5) is 1.88. The van der Waals surface area contributed by atoms with Crippen molar-refractivity contribution >= 4 is 37.3 Å². The van der Waals surface area contributed by atoms with Gasteiger partial charge in [-0.1, -0.05) is 32.1 Å². The van der Waals surface area contributed by atoms with E-state index in [1.165, 1.54) is 24.3 Å². The minimum Gasteiger partial charge on any atom is -0.344 e. The number of likely N-dealkylation sites (N-methyl/N-ethyl adjacent to an activating group) is 1. The summed E-state index contributed by atoms with van der Waals surface area (Å²) in [6, 6.07) is 9.32. The van der Waals surface area contributed by atoms with E-state index in [4.69, 9.17) is 0 Å². The van der Waals surface area contributed by atoms with Gasteiger partial charge in [0.2, 0.25) is 5.69 Å². The van der Waals surface area contributed by atoms with Crippen LogP contribution in [0.25, 0.3) is 0 Å². The molecule has 8 nitrogen and oxygen atoms in total. The van der Waals surface area contributed by atoms with Gasteiger partial charge in [-0.2, -0.15) is 21.4 Å². The highest BCUT2D eigenvalue weighted by Gasteiger charge is 2.43. The van der Waals surface area contributed by atoms with Crippen molar-refractivity contribution in [3.05, 3.63) is 83.6 Å². The van der Waals surface area contributed by atoms with Gasteiger partial charge >= 0.3 is 0 Å². The molecule has 0 unspecified atom stereocenters. The Balaban J connectivity index is 1.62. The summed E-state index contributed by atoms with van der Waals surface area (Å²) in [5.74, 6) is 0. The highest BCUT2D eigenvalue weighted by Crippen LogP contribution is 2.48. The molecule has 202 valence electrons. The monoisotopic (exact) mass is 557 g/mol.